The Morgan fingerprint density at radius 3 is 1.81 bits per heavy atom. The number of hydrogen-bond acceptors (Lipinski definition) is 0. The third kappa shape index (κ3) is 4.18. The summed E-state index contributed by atoms with van der Waals surface area (Å²) in [5.74, 6) is 7.14. The van der Waals surface area contributed by atoms with Crippen molar-refractivity contribution in [3.05, 3.63) is 35.9 Å². The first-order chi connectivity index (χ1) is 15.5. The Morgan fingerprint density at radius 1 is 0.750 bits per heavy atom. The molecule has 0 N–H and O–H groups in total. The first-order valence-corrected chi connectivity index (χ1v) is 17.7. The van der Waals surface area contributed by atoms with E-state index in [4.69, 9.17) is 0 Å². The highest BCUT2D eigenvalue weighted by Crippen LogP contribution is 2.64. The maximum absolute atomic E-state index is 2.89. The summed E-state index contributed by atoms with van der Waals surface area (Å²) < 4.78 is 0. The highest BCUT2D eigenvalue weighted by molar-refractivity contribution is 6.80. The van der Waals surface area contributed by atoms with E-state index < -0.39 is 8.07 Å². The SMILES string of the molecule is CCC1CC([Si](C)(C)C2CC(CC(C)c3ccccc3)C3CCCCC32)C2CCCCC12. The average Bonchev–Trinajstić information content (AvgIpc) is 3.39. The lowest BCUT2D eigenvalue weighted by molar-refractivity contribution is 0.212. The maximum Gasteiger partial charge on any atom is 0.0541 e. The molecule has 4 saturated carbocycles. The quantitative estimate of drug-likeness (QED) is 0.378. The Balaban J connectivity index is 1.36. The molecule has 0 bridgehead atoms. The van der Waals surface area contributed by atoms with E-state index in [1.54, 1.807) is 44.1 Å². The van der Waals surface area contributed by atoms with Crippen LogP contribution >= 0.6 is 0 Å². The zero-order chi connectivity index (χ0) is 22.3. The minimum Gasteiger partial charge on any atom is -0.0689 e. The number of hydrogen-bond donors (Lipinski definition) is 0. The van der Waals surface area contributed by atoms with Crippen LogP contribution < -0.4 is 0 Å². The van der Waals surface area contributed by atoms with E-state index in [-0.39, 0.29) is 0 Å². The molecule has 0 saturated heterocycles. The Labute approximate surface area is 200 Å². The van der Waals surface area contributed by atoms with Crippen molar-refractivity contribution >= 4 is 8.07 Å². The van der Waals surface area contributed by atoms with Gasteiger partial charge in [-0.15, -0.1) is 0 Å². The third-order valence-electron chi connectivity index (χ3n) is 11.6. The van der Waals surface area contributed by atoms with Gasteiger partial charge in [0.2, 0.25) is 0 Å². The minimum atomic E-state index is -1.28. The zero-order valence-electron chi connectivity index (χ0n) is 21.6. The predicted octanol–water partition coefficient (Wildman–Crippen LogP) is 9.69. The van der Waals surface area contributed by atoms with Crippen LogP contribution in [-0.2, 0) is 0 Å². The molecule has 0 spiro atoms. The standard InChI is InChI=1S/C31H50Si/c1-5-23-20-30(28-17-11-9-15-26(23)28)32(3,4)31-21-25(27-16-10-12-18-29(27)31)19-22(2)24-13-7-6-8-14-24/h6-8,13-14,22-23,25-31H,5,9-12,15-21H2,1-4H3. The van der Waals surface area contributed by atoms with Crippen molar-refractivity contribution in [2.75, 3.05) is 0 Å². The van der Waals surface area contributed by atoms with E-state index in [9.17, 15) is 0 Å². The van der Waals surface area contributed by atoms with E-state index >= 15 is 0 Å². The van der Waals surface area contributed by atoms with Gasteiger partial charge in [0.25, 0.3) is 0 Å². The average molecular weight is 451 g/mol. The molecule has 9 unspecified atom stereocenters. The molecule has 1 heteroatoms. The molecule has 4 aliphatic carbocycles. The van der Waals surface area contributed by atoms with Crippen molar-refractivity contribution in [3.8, 4) is 0 Å². The molecule has 0 radical (unpaired) electrons. The van der Waals surface area contributed by atoms with Crippen LogP contribution in [0, 0.1) is 35.5 Å². The molecule has 0 aromatic heterocycles. The number of benzene rings is 1. The Morgan fingerprint density at radius 2 is 1.25 bits per heavy atom. The van der Waals surface area contributed by atoms with E-state index in [1.165, 1.54) is 38.5 Å². The van der Waals surface area contributed by atoms with Gasteiger partial charge in [0, 0.05) is 0 Å². The summed E-state index contributed by atoms with van der Waals surface area (Å²) in [5, 5.41) is 0. The Hall–Kier alpha value is -0.563. The largest absolute Gasteiger partial charge is 0.0689 e. The first-order valence-electron chi connectivity index (χ1n) is 14.6. The van der Waals surface area contributed by atoms with Gasteiger partial charge in [0.1, 0.15) is 0 Å². The maximum atomic E-state index is 2.89. The monoisotopic (exact) mass is 450 g/mol. The molecule has 0 aliphatic heterocycles. The van der Waals surface area contributed by atoms with Crippen molar-refractivity contribution in [3.63, 3.8) is 0 Å². The van der Waals surface area contributed by atoms with Crippen LogP contribution in [0.25, 0.3) is 0 Å². The molecule has 32 heavy (non-hydrogen) atoms. The van der Waals surface area contributed by atoms with Gasteiger partial charge in [-0.05, 0) is 90.2 Å². The highest BCUT2D eigenvalue weighted by Gasteiger charge is 2.57. The molecule has 9 atom stereocenters. The van der Waals surface area contributed by atoms with Crippen molar-refractivity contribution in [1.82, 2.24) is 0 Å². The lowest BCUT2D eigenvalue weighted by Crippen LogP contribution is -2.43. The summed E-state index contributed by atoms with van der Waals surface area (Å²) in [6.07, 6.45) is 18.5. The summed E-state index contributed by atoms with van der Waals surface area (Å²) in [7, 11) is -1.28. The van der Waals surface area contributed by atoms with E-state index in [0.29, 0.717) is 0 Å². The van der Waals surface area contributed by atoms with Crippen LogP contribution in [0.15, 0.2) is 30.3 Å². The molecule has 1 aromatic rings. The van der Waals surface area contributed by atoms with Crippen molar-refractivity contribution < 1.29 is 0 Å². The molecule has 0 nitrogen and oxygen atoms in total. The molecular formula is C31H50Si. The normalized spacial score (nSPS) is 40.6. The smallest absolute Gasteiger partial charge is 0.0541 e. The van der Waals surface area contributed by atoms with Crippen LogP contribution in [-0.4, -0.2) is 8.07 Å². The van der Waals surface area contributed by atoms with Gasteiger partial charge in [-0.1, -0.05) is 102 Å². The Kier molecular flexibility index (Phi) is 6.95. The number of rotatable bonds is 6. The van der Waals surface area contributed by atoms with Gasteiger partial charge in [-0.2, -0.15) is 0 Å². The first kappa shape index (κ1) is 23.2. The molecular weight excluding hydrogens is 400 g/mol. The number of fused-ring (bicyclic) bond motifs is 2. The van der Waals surface area contributed by atoms with Gasteiger partial charge in [0.15, 0.2) is 0 Å². The van der Waals surface area contributed by atoms with Crippen LogP contribution in [0.2, 0.25) is 24.2 Å². The Bertz CT molecular complexity index is 738. The fourth-order valence-corrected chi connectivity index (χ4v) is 15.4. The predicted molar refractivity (Wildman–Crippen MR) is 142 cm³/mol. The van der Waals surface area contributed by atoms with E-state index in [1.807, 2.05) is 0 Å². The van der Waals surface area contributed by atoms with Gasteiger partial charge in [-0.3, -0.25) is 0 Å². The summed E-state index contributed by atoms with van der Waals surface area (Å²) >= 11 is 0. The summed E-state index contributed by atoms with van der Waals surface area (Å²) in [6, 6.07) is 11.4. The molecule has 178 valence electrons. The van der Waals surface area contributed by atoms with Gasteiger partial charge in [0.05, 0.1) is 8.07 Å². The lowest BCUT2D eigenvalue weighted by atomic mass is 9.75. The van der Waals surface area contributed by atoms with Crippen LogP contribution in [0.1, 0.15) is 102 Å². The molecule has 0 amide bonds. The summed E-state index contributed by atoms with van der Waals surface area (Å²) in [6.45, 7) is 10.8. The van der Waals surface area contributed by atoms with Crippen LogP contribution in [0.5, 0.6) is 0 Å². The van der Waals surface area contributed by atoms with Crippen molar-refractivity contribution in [2.45, 2.75) is 121 Å². The third-order valence-corrected chi connectivity index (χ3v) is 16.7. The summed E-state index contributed by atoms with van der Waals surface area (Å²) in [5.41, 5.74) is 3.83. The fourth-order valence-electron chi connectivity index (χ4n) is 10.00. The van der Waals surface area contributed by atoms with Crippen LogP contribution in [0.3, 0.4) is 0 Å². The molecule has 4 aliphatic rings. The molecule has 0 heterocycles. The molecule has 1 aromatic carbocycles. The van der Waals surface area contributed by atoms with E-state index in [0.717, 1.165) is 52.5 Å². The summed E-state index contributed by atoms with van der Waals surface area (Å²) in [4.78, 5) is 0. The lowest BCUT2D eigenvalue weighted by Gasteiger charge is -2.45. The minimum absolute atomic E-state index is 0.728. The molecule has 5 rings (SSSR count). The van der Waals surface area contributed by atoms with Crippen molar-refractivity contribution in [1.29, 1.82) is 0 Å². The fraction of sp³-hybridized carbons (Fsp3) is 0.806. The highest BCUT2D eigenvalue weighted by atomic mass is 28.3. The second-order valence-corrected chi connectivity index (χ2v) is 18.3. The van der Waals surface area contributed by atoms with Crippen molar-refractivity contribution in [2.24, 2.45) is 35.5 Å². The van der Waals surface area contributed by atoms with E-state index in [2.05, 4.69) is 57.3 Å². The van der Waals surface area contributed by atoms with Gasteiger partial charge >= 0.3 is 0 Å². The zero-order valence-corrected chi connectivity index (χ0v) is 22.6. The second-order valence-electron chi connectivity index (χ2n) is 13.2. The van der Waals surface area contributed by atoms with Gasteiger partial charge < -0.3 is 0 Å². The van der Waals surface area contributed by atoms with Gasteiger partial charge in [-0.25, -0.2) is 0 Å². The van der Waals surface area contributed by atoms with Crippen LogP contribution in [0.4, 0.5) is 0 Å². The second kappa shape index (κ2) is 9.59. The topological polar surface area (TPSA) is 0 Å². The molecule has 4 fully saturated rings.